The van der Waals surface area contributed by atoms with E-state index in [2.05, 4.69) is 167 Å². The van der Waals surface area contributed by atoms with Crippen molar-refractivity contribution in [2.24, 2.45) is 11.8 Å². The van der Waals surface area contributed by atoms with Gasteiger partial charge in [0, 0.05) is 11.8 Å². The van der Waals surface area contributed by atoms with Crippen molar-refractivity contribution < 1.29 is 33.1 Å². The highest BCUT2D eigenvalue weighted by molar-refractivity contribution is 6.74. The minimum absolute atomic E-state index is 0.00791. The Morgan fingerprint density at radius 1 is 0.694 bits per heavy atom. The molecular formula is C40H74O7Si2. The molecule has 0 aliphatic carbocycles. The summed E-state index contributed by atoms with van der Waals surface area (Å²) >= 11 is 0. The molecule has 0 saturated heterocycles. The maximum Gasteiger partial charge on any atom is 0.373 e. The van der Waals surface area contributed by atoms with E-state index in [0.717, 1.165) is 0 Å². The zero-order valence-electron chi connectivity index (χ0n) is 35.0. The van der Waals surface area contributed by atoms with E-state index in [0.29, 0.717) is 12.3 Å². The molecule has 0 unspecified atom stereocenters. The Hall–Kier alpha value is -2.23. The van der Waals surface area contributed by atoms with Crippen molar-refractivity contribution in [3.05, 3.63) is 58.7 Å². The lowest BCUT2D eigenvalue weighted by Crippen LogP contribution is -2.47. The molecule has 0 aliphatic heterocycles. The molecule has 0 aromatic rings. The fourth-order valence-corrected chi connectivity index (χ4v) is 6.62. The number of allylic oxidation sites excluding steroid dienone is 6. The van der Waals surface area contributed by atoms with Crippen LogP contribution in [0.5, 0.6) is 0 Å². The van der Waals surface area contributed by atoms with Crippen LogP contribution < -0.4 is 0 Å². The van der Waals surface area contributed by atoms with E-state index >= 15 is 0 Å². The molecule has 9 heteroatoms. The molecule has 0 amide bonds. The Morgan fingerprint density at radius 2 is 1.04 bits per heavy atom. The van der Waals surface area contributed by atoms with Crippen LogP contribution in [0.25, 0.3) is 0 Å². The number of aliphatic hydroxyl groups excluding tert-OH is 1. The fourth-order valence-electron chi connectivity index (χ4n) is 3.84. The van der Waals surface area contributed by atoms with Gasteiger partial charge in [0.25, 0.3) is 0 Å². The molecule has 0 bridgehead atoms. The second-order valence-corrected chi connectivity index (χ2v) is 25.8. The van der Waals surface area contributed by atoms with Gasteiger partial charge in [-0.2, -0.15) is 19.2 Å². The predicted molar refractivity (Wildman–Crippen MR) is 210 cm³/mol. The van der Waals surface area contributed by atoms with E-state index in [1.165, 1.54) is 22.3 Å². The van der Waals surface area contributed by atoms with Crippen molar-refractivity contribution in [2.45, 2.75) is 172 Å². The number of carbonyl (C=O) groups excluding carboxylic acids is 4. The molecule has 0 fully saturated rings. The van der Waals surface area contributed by atoms with Gasteiger partial charge in [0.2, 0.25) is 0 Å². The van der Waals surface area contributed by atoms with Crippen molar-refractivity contribution in [1.82, 2.24) is 0 Å². The first kappa shape index (κ1) is 53.6. The molecule has 0 spiro atoms. The highest BCUT2D eigenvalue weighted by Gasteiger charge is 2.42. The first-order valence-electron chi connectivity index (χ1n) is 17.3. The summed E-state index contributed by atoms with van der Waals surface area (Å²) in [6.07, 6.45) is 14.0. The number of hydrogen-bond acceptors (Lipinski definition) is 7. The maximum atomic E-state index is 10.5. The summed E-state index contributed by atoms with van der Waals surface area (Å²) < 4.78 is 13.3. The molecule has 0 radical (unpaired) electrons. The van der Waals surface area contributed by atoms with Gasteiger partial charge >= 0.3 is 12.3 Å². The Morgan fingerprint density at radius 3 is 1.35 bits per heavy atom. The molecule has 1 N–H and O–H groups in total. The Balaban J connectivity index is -0.000000355. The van der Waals surface area contributed by atoms with Crippen LogP contribution in [0.15, 0.2) is 58.7 Å². The summed E-state index contributed by atoms with van der Waals surface area (Å²) in [5.41, 5.74) is 5.11. The van der Waals surface area contributed by atoms with Gasteiger partial charge in [-0.1, -0.05) is 103 Å². The highest BCUT2D eigenvalue weighted by Crippen LogP contribution is 2.40. The Kier molecular flexibility index (Phi) is 28.1. The first-order chi connectivity index (χ1) is 22.1. The van der Waals surface area contributed by atoms with Gasteiger partial charge in [-0.05, 0) is 109 Å². The van der Waals surface area contributed by atoms with Gasteiger partial charge in [0.15, 0.2) is 16.6 Å². The normalized spacial score (nSPS) is 15.6. The average molecular weight is 723 g/mol. The van der Waals surface area contributed by atoms with Crippen LogP contribution in [0, 0.1) is 11.8 Å². The average Bonchev–Trinajstić information content (AvgIpc) is 2.96. The Labute approximate surface area is 303 Å². The number of aliphatic hydroxyl groups is 1. The van der Waals surface area contributed by atoms with E-state index in [4.69, 9.17) is 28.0 Å². The van der Waals surface area contributed by atoms with Crippen LogP contribution in [0.3, 0.4) is 0 Å². The molecule has 0 saturated carbocycles. The third-order valence-corrected chi connectivity index (χ3v) is 18.3. The summed E-state index contributed by atoms with van der Waals surface area (Å²) in [6, 6.07) is 0. The minimum atomic E-state index is -1.87. The van der Waals surface area contributed by atoms with E-state index in [-0.39, 0.29) is 46.6 Å². The van der Waals surface area contributed by atoms with Gasteiger partial charge < -0.3 is 14.0 Å². The topological polar surface area (TPSA) is 107 Å². The van der Waals surface area contributed by atoms with Crippen molar-refractivity contribution in [2.75, 3.05) is 0 Å². The van der Waals surface area contributed by atoms with Crippen molar-refractivity contribution in [3.8, 4) is 0 Å². The molecule has 284 valence electrons. The standard InChI is InChI=1S/C19H38O2Si.C19H36OSi.2CO2/c1-11-15(4)18(21-22(9,10)19(6,7)8)16(5)17(20)13-12-14(2)3;1-11-16(4)18(17(5)14-12-13-15(2)3)20-21(9,10)19(6,7)8;2*2-1-3/h11-12,16-18,20H,13H2,1-10H3;11-14,17-18H,1-10H3;;/b15-11+;14-12+,16-11+;;/t16-,17+,18+;17-,18+;;/m00../s1. The van der Waals surface area contributed by atoms with Crippen LogP contribution in [0.2, 0.25) is 36.3 Å². The quantitative estimate of drug-likeness (QED) is 0.115. The summed E-state index contributed by atoms with van der Waals surface area (Å²) in [4.78, 5) is 32.5. The van der Waals surface area contributed by atoms with Crippen molar-refractivity contribution in [3.63, 3.8) is 0 Å². The Bertz CT molecular complexity index is 1130. The highest BCUT2D eigenvalue weighted by atomic mass is 28.4. The zero-order chi connectivity index (χ0) is 40.0. The summed E-state index contributed by atoms with van der Waals surface area (Å²) in [7, 11) is -3.63. The van der Waals surface area contributed by atoms with Gasteiger partial charge in [0.1, 0.15) is 0 Å². The summed E-state index contributed by atoms with van der Waals surface area (Å²) in [5.74, 6) is 0.465. The fraction of sp³-hybridized carbons (Fsp3) is 0.700. The molecule has 0 rings (SSSR count). The van der Waals surface area contributed by atoms with Gasteiger partial charge in [-0.3, -0.25) is 0 Å². The van der Waals surface area contributed by atoms with Gasteiger partial charge in [-0.15, -0.1) is 0 Å². The monoisotopic (exact) mass is 722 g/mol. The van der Waals surface area contributed by atoms with E-state index < -0.39 is 16.6 Å². The molecule has 5 atom stereocenters. The molecular weight excluding hydrogens is 649 g/mol. The third-order valence-electron chi connectivity index (χ3n) is 9.44. The second-order valence-electron chi connectivity index (χ2n) is 16.3. The minimum Gasteiger partial charge on any atom is -0.410 e. The maximum absolute atomic E-state index is 10.5. The van der Waals surface area contributed by atoms with Crippen LogP contribution >= 0.6 is 0 Å². The number of rotatable bonds is 13. The smallest absolute Gasteiger partial charge is 0.373 e. The second kappa shape index (κ2) is 25.7. The van der Waals surface area contributed by atoms with Gasteiger partial charge in [0.05, 0.1) is 18.3 Å². The first-order valence-corrected chi connectivity index (χ1v) is 23.1. The SMILES string of the molecule is C/C=C(\C)[C@@H](O[Si](C)(C)C(C)(C)C)[C@@H](C)/C=C/C=C(C)C.C/C=C(\C)[C@@H](O[Si](C)(C)C(C)(C)C)[C@@H](C)[C@H](O)CC=C(C)C.O=C=O.O=C=O. The molecule has 7 nitrogen and oxygen atoms in total. The zero-order valence-corrected chi connectivity index (χ0v) is 37.0. The summed E-state index contributed by atoms with van der Waals surface area (Å²) in [5, 5.41) is 11.0. The molecule has 49 heavy (non-hydrogen) atoms. The predicted octanol–water partition coefficient (Wildman–Crippen LogP) is 11.0. The molecule has 0 aromatic heterocycles. The lowest BCUT2D eigenvalue weighted by atomic mass is 9.91. The lowest BCUT2D eigenvalue weighted by molar-refractivity contribution is -0.193. The molecule has 0 heterocycles. The van der Waals surface area contributed by atoms with E-state index in [9.17, 15) is 5.11 Å². The number of hydrogen-bond donors (Lipinski definition) is 1. The van der Waals surface area contributed by atoms with Crippen LogP contribution in [0.1, 0.15) is 117 Å². The lowest BCUT2D eigenvalue weighted by Gasteiger charge is -2.42. The third kappa shape index (κ3) is 23.7. The summed E-state index contributed by atoms with van der Waals surface area (Å²) in [6.45, 7) is 44.0. The van der Waals surface area contributed by atoms with Gasteiger partial charge in [-0.25, -0.2) is 0 Å². The molecule has 0 aromatic carbocycles. The van der Waals surface area contributed by atoms with E-state index in [1.807, 2.05) is 6.92 Å². The van der Waals surface area contributed by atoms with Crippen LogP contribution in [-0.2, 0) is 28.0 Å². The molecule has 0 aliphatic rings. The van der Waals surface area contributed by atoms with Crippen molar-refractivity contribution in [1.29, 1.82) is 0 Å². The van der Waals surface area contributed by atoms with Crippen LogP contribution in [0.4, 0.5) is 0 Å². The largest absolute Gasteiger partial charge is 0.410 e. The van der Waals surface area contributed by atoms with Crippen molar-refractivity contribution >= 4 is 28.9 Å². The van der Waals surface area contributed by atoms with E-state index in [1.54, 1.807) is 0 Å². The van der Waals surface area contributed by atoms with Crippen LogP contribution in [-0.4, -0.2) is 52.4 Å².